The normalized spacial score (nSPS) is 28.1. The van der Waals surface area contributed by atoms with Crippen molar-refractivity contribution in [3.8, 4) is 11.5 Å². The lowest BCUT2D eigenvalue weighted by molar-refractivity contribution is -0.385. The molecule has 0 radical (unpaired) electrons. The van der Waals surface area contributed by atoms with Gasteiger partial charge >= 0.3 is 5.69 Å². The standard InChI is InChI=1S/C19H19N3O6/c1-27-14-8-15(28-2)13(22(25)26)7-12(14)9-20-21-18(23)16-10-3-4-11(6-5-10)17(16)19(21)24/h3-4,7-11,16-17H,5-6H2,1-2H3/b20-9-/t10-,11-,16-,17-/m1/s1. The third kappa shape index (κ3) is 2.65. The number of carbonyl (C=O) groups is 2. The Morgan fingerprint density at radius 2 is 1.64 bits per heavy atom. The monoisotopic (exact) mass is 385 g/mol. The van der Waals surface area contributed by atoms with E-state index in [9.17, 15) is 19.7 Å². The Labute approximate surface area is 160 Å². The van der Waals surface area contributed by atoms with E-state index in [1.54, 1.807) is 0 Å². The second kappa shape index (κ2) is 6.74. The number of imide groups is 1. The minimum Gasteiger partial charge on any atom is -0.496 e. The van der Waals surface area contributed by atoms with Crippen LogP contribution in [0, 0.1) is 33.8 Å². The molecule has 0 spiro atoms. The van der Waals surface area contributed by atoms with Crippen LogP contribution in [-0.4, -0.2) is 42.2 Å². The number of nitrogens with zero attached hydrogens (tertiary/aromatic N) is 3. The summed E-state index contributed by atoms with van der Waals surface area (Å²) >= 11 is 0. The highest BCUT2D eigenvalue weighted by atomic mass is 16.6. The first kappa shape index (κ1) is 18.1. The highest BCUT2D eigenvalue weighted by Crippen LogP contribution is 2.49. The summed E-state index contributed by atoms with van der Waals surface area (Å²) in [4.78, 5) is 36.3. The van der Waals surface area contributed by atoms with E-state index in [0.717, 1.165) is 17.9 Å². The number of nitro benzene ring substituents is 1. The summed E-state index contributed by atoms with van der Waals surface area (Å²) < 4.78 is 10.3. The number of nitro groups is 1. The fraction of sp³-hybridized carbons (Fsp3) is 0.421. The lowest BCUT2D eigenvalue weighted by Crippen LogP contribution is -2.38. The van der Waals surface area contributed by atoms with Gasteiger partial charge < -0.3 is 9.47 Å². The average Bonchev–Trinajstić information content (AvgIpc) is 2.98. The van der Waals surface area contributed by atoms with Crippen LogP contribution in [0.25, 0.3) is 0 Å². The maximum absolute atomic E-state index is 12.8. The molecule has 4 aliphatic rings. The van der Waals surface area contributed by atoms with Crippen LogP contribution in [0.15, 0.2) is 29.4 Å². The molecule has 4 atom stereocenters. The average molecular weight is 385 g/mol. The molecule has 146 valence electrons. The summed E-state index contributed by atoms with van der Waals surface area (Å²) in [6, 6.07) is 2.61. The van der Waals surface area contributed by atoms with E-state index in [4.69, 9.17) is 9.47 Å². The first-order valence-corrected chi connectivity index (χ1v) is 8.96. The van der Waals surface area contributed by atoms with Crippen molar-refractivity contribution >= 4 is 23.7 Å². The minimum absolute atomic E-state index is 0.0426. The van der Waals surface area contributed by atoms with Crippen molar-refractivity contribution in [2.24, 2.45) is 28.8 Å². The third-order valence-electron chi connectivity index (χ3n) is 5.78. The van der Waals surface area contributed by atoms with E-state index in [-0.39, 0.29) is 58.2 Å². The van der Waals surface area contributed by atoms with Crippen molar-refractivity contribution in [2.45, 2.75) is 12.8 Å². The summed E-state index contributed by atoms with van der Waals surface area (Å²) in [5.41, 5.74) is 0.00584. The van der Waals surface area contributed by atoms with Crippen LogP contribution in [0.1, 0.15) is 18.4 Å². The van der Waals surface area contributed by atoms with Crippen molar-refractivity contribution in [3.05, 3.63) is 40.0 Å². The number of fused-ring (bicyclic) bond motifs is 1. The molecule has 2 bridgehead atoms. The first-order chi connectivity index (χ1) is 13.5. The number of hydrazone groups is 1. The van der Waals surface area contributed by atoms with Gasteiger partial charge in [0.05, 0.1) is 37.2 Å². The molecule has 0 N–H and O–H groups in total. The molecule has 1 saturated carbocycles. The van der Waals surface area contributed by atoms with Crippen LogP contribution < -0.4 is 9.47 Å². The highest BCUT2D eigenvalue weighted by molar-refractivity contribution is 6.06. The Hall–Kier alpha value is -3.23. The lowest BCUT2D eigenvalue weighted by Gasteiger charge is -2.37. The second-order valence-electron chi connectivity index (χ2n) is 7.10. The Bertz CT molecular complexity index is 892. The molecule has 2 amide bonds. The van der Waals surface area contributed by atoms with Gasteiger partial charge in [-0.3, -0.25) is 19.7 Å². The second-order valence-corrected chi connectivity index (χ2v) is 7.10. The van der Waals surface area contributed by atoms with Crippen LogP contribution >= 0.6 is 0 Å². The van der Waals surface area contributed by atoms with Crippen molar-refractivity contribution in [1.29, 1.82) is 0 Å². The topological polar surface area (TPSA) is 111 Å². The van der Waals surface area contributed by atoms with E-state index in [0.29, 0.717) is 0 Å². The van der Waals surface area contributed by atoms with E-state index in [1.165, 1.54) is 32.6 Å². The van der Waals surface area contributed by atoms with Gasteiger partial charge in [0.1, 0.15) is 5.75 Å². The molecule has 0 unspecified atom stereocenters. The molecule has 1 aliphatic heterocycles. The molecule has 1 aromatic carbocycles. The van der Waals surface area contributed by atoms with Crippen molar-refractivity contribution in [3.63, 3.8) is 0 Å². The fourth-order valence-electron chi connectivity index (χ4n) is 4.44. The third-order valence-corrected chi connectivity index (χ3v) is 5.78. The molecule has 28 heavy (non-hydrogen) atoms. The molecule has 9 nitrogen and oxygen atoms in total. The largest absolute Gasteiger partial charge is 0.496 e. The fourth-order valence-corrected chi connectivity index (χ4v) is 4.44. The number of allylic oxidation sites excluding steroid dienone is 2. The number of hydrogen-bond acceptors (Lipinski definition) is 7. The summed E-state index contributed by atoms with van der Waals surface area (Å²) in [5, 5.41) is 16.2. The number of rotatable bonds is 5. The molecule has 0 aromatic heterocycles. The Morgan fingerprint density at radius 3 is 2.11 bits per heavy atom. The van der Waals surface area contributed by atoms with Gasteiger partial charge in [0, 0.05) is 17.7 Å². The molecule has 1 heterocycles. The number of ether oxygens (including phenoxy) is 2. The van der Waals surface area contributed by atoms with Crippen molar-refractivity contribution in [1.82, 2.24) is 5.01 Å². The van der Waals surface area contributed by atoms with E-state index < -0.39 is 4.92 Å². The molecule has 2 fully saturated rings. The van der Waals surface area contributed by atoms with Crippen molar-refractivity contribution < 1.29 is 24.0 Å². The molecule has 1 saturated heterocycles. The molecule has 1 aromatic rings. The van der Waals surface area contributed by atoms with Crippen LogP contribution in [0.2, 0.25) is 0 Å². The number of methoxy groups -OCH3 is 2. The summed E-state index contributed by atoms with van der Waals surface area (Å²) in [7, 11) is 2.73. The zero-order valence-corrected chi connectivity index (χ0v) is 15.4. The van der Waals surface area contributed by atoms with Gasteiger partial charge in [-0.25, -0.2) is 0 Å². The maximum Gasteiger partial charge on any atom is 0.311 e. The van der Waals surface area contributed by atoms with Crippen LogP contribution in [-0.2, 0) is 9.59 Å². The molecular weight excluding hydrogens is 366 g/mol. The summed E-state index contributed by atoms with van der Waals surface area (Å²) in [5.74, 6) is -0.877. The molecule has 9 heteroatoms. The number of benzene rings is 1. The zero-order chi connectivity index (χ0) is 20.0. The Balaban J connectivity index is 1.66. The van der Waals surface area contributed by atoms with Gasteiger partial charge in [0.25, 0.3) is 11.8 Å². The van der Waals surface area contributed by atoms with Gasteiger partial charge in [0.2, 0.25) is 5.75 Å². The van der Waals surface area contributed by atoms with Crippen LogP contribution in [0.3, 0.4) is 0 Å². The SMILES string of the molecule is COc1cc(OC)c([N+](=O)[O-])cc1/C=N\N1C(=O)[C@H]2[C@H](C1=O)[C@@H]1C=C[C@@H]2CC1. The lowest BCUT2D eigenvalue weighted by atomic mass is 9.63. The maximum atomic E-state index is 12.8. The van der Waals surface area contributed by atoms with Gasteiger partial charge in [-0.05, 0) is 24.7 Å². The summed E-state index contributed by atoms with van der Waals surface area (Å²) in [6.07, 6.45) is 7.11. The highest BCUT2D eigenvalue weighted by Gasteiger charge is 2.56. The molecule has 5 rings (SSSR count). The quantitative estimate of drug-likeness (QED) is 0.252. The summed E-state index contributed by atoms with van der Waals surface area (Å²) in [6.45, 7) is 0. The van der Waals surface area contributed by atoms with Crippen molar-refractivity contribution in [2.75, 3.05) is 14.2 Å². The number of carbonyl (C=O) groups excluding carboxylic acids is 2. The van der Waals surface area contributed by atoms with E-state index in [2.05, 4.69) is 5.10 Å². The zero-order valence-electron chi connectivity index (χ0n) is 15.4. The Morgan fingerprint density at radius 1 is 1.07 bits per heavy atom. The van der Waals surface area contributed by atoms with E-state index >= 15 is 0 Å². The van der Waals surface area contributed by atoms with Crippen LogP contribution in [0.5, 0.6) is 11.5 Å². The minimum atomic E-state index is -0.584. The smallest absolute Gasteiger partial charge is 0.311 e. The van der Waals surface area contributed by atoms with Gasteiger partial charge in [-0.1, -0.05) is 12.2 Å². The van der Waals surface area contributed by atoms with E-state index in [1.807, 2.05) is 12.2 Å². The molecular formula is C19H19N3O6. The van der Waals surface area contributed by atoms with Gasteiger partial charge in [-0.15, -0.1) is 0 Å². The number of amides is 2. The Kier molecular flexibility index (Phi) is 4.37. The van der Waals surface area contributed by atoms with Crippen LogP contribution in [0.4, 0.5) is 5.69 Å². The number of hydrogen-bond donors (Lipinski definition) is 0. The van der Waals surface area contributed by atoms with Gasteiger partial charge in [0.15, 0.2) is 0 Å². The van der Waals surface area contributed by atoms with Gasteiger partial charge in [-0.2, -0.15) is 10.1 Å². The predicted octanol–water partition coefficient (Wildman–Crippen LogP) is 2.14. The predicted molar refractivity (Wildman–Crippen MR) is 98.0 cm³/mol. The first-order valence-electron chi connectivity index (χ1n) is 8.96. The molecule has 3 aliphatic carbocycles.